The second-order valence-electron chi connectivity index (χ2n) is 4.96. The van der Waals surface area contributed by atoms with Gasteiger partial charge in [0.2, 0.25) is 5.95 Å². The number of nitrogens with zero attached hydrogens (tertiary/aromatic N) is 3. The third kappa shape index (κ3) is 1.95. The number of ether oxygens (including phenoxy) is 1. The lowest BCUT2D eigenvalue weighted by Gasteiger charge is -2.22. The first-order valence-corrected chi connectivity index (χ1v) is 6.41. The van der Waals surface area contributed by atoms with Crippen LogP contribution < -0.4 is 5.73 Å². The number of anilines is 1. The third-order valence-electron chi connectivity index (χ3n) is 3.56. The van der Waals surface area contributed by atoms with Crippen LogP contribution in [0.15, 0.2) is 12.3 Å². The summed E-state index contributed by atoms with van der Waals surface area (Å²) in [6.45, 7) is 4.57. The molecule has 5 nitrogen and oxygen atoms in total. The molecular weight excluding hydrogens is 228 g/mol. The van der Waals surface area contributed by atoms with E-state index in [-0.39, 0.29) is 0 Å². The highest BCUT2D eigenvalue weighted by Gasteiger charge is 2.18. The molecule has 0 amide bonds. The van der Waals surface area contributed by atoms with Crippen LogP contribution in [0.1, 0.15) is 18.4 Å². The maximum Gasteiger partial charge on any atom is 0.202 e. The summed E-state index contributed by atoms with van der Waals surface area (Å²) in [6, 6.07) is 1.96. The van der Waals surface area contributed by atoms with E-state index in [1.165, 1.54) is 6.42 Å². The van der Waals surface area contributed by atoms with Gasteiger partial charge in [-0.2, -0.15) is 0 Å². The molecule has 1 fully saturated rings. The fourth-order valence-corrected chi connectivity index (χ4v) is 2.54. The molecular formula is C13H18N4O. The number of nitrogen functional groups attached to an aromatic ring is 1. The Morgan fingerprint density at radius 3 is 3.22 bits per heavy atom. The number of rotatable bonds is 2. The summed E-state index contributed by atoms with van der Waals surface area (Å²) in [5.74, 6) is 1.07. The summed E-state index contributed by atoms with van der Waals surface area (Å²) >= 11 is 0. The molecule has 3 rings (SSSR count). The number of fused-ring (bicyclic) bond motifs is 1. The molecule has 96 valence electrons. The van der Waals surface area contributed by atoms with Crippen molar-refractivity contribution in [3.63, 3.8) is 0 Å². The van der Waals surface area contributed by atoms with E-state index < -0.39 is 0 Å². The number of aryl methyl sites for hydroxylation is 1. The van der Waals surface area contributed by atoms with Crippen LogP contribution in [0, 0.1) is 12.8 Å². The number of hydrogen-bond acceptors (Lipinski definition) is 4. The summed E-state index contributed by atoms with van der Waals surface area (Å²) in [6.07, 6.45) is 4.13. The zero-order chi connectivity index (χ0) is 12.5. The van der Waals surface area contributed by atoms with Crippen LogP contribution in [-0.4, -0.2) is 27.7 Å². The van der Waals surface area contributed by atoms with E-state index in [4.69, 9.17) is 10.5 Å². The number of imidazole rings is 1. The van der Waals surface area contributed by atoms with Crippen LogP contribution >= 0.6 is 0 Å². The largest absolute Gasteiger partial charge is 0.381 e. The second kappa shape index (κ2) is 4.57. The van der Waals surface area contributed by atoms with Gasteiger partial charge in [0.25, 0.3) is 0 Å². The monoisotopic (exact) mass is 246 g/mol. The predicted molar refractivity (Wildman–Crippen MR) is 70.2 cm³/mol. The Labute approximate surface area is 106 Å². The Hall–Kier alpha value is -1.62. The number of pyridine rings is 1. The Bertz CT molecular complexity index is 557. The van der Waals surface area contributed by atoms with E-state index in [0.29, 0.717) is 11.9 Å². The molecule has 1 unspecified atom stereocenters. The fourth-order valence-electron chi connectivity index (χ4n) is 2.54. The summed E-state index contributed by atoms with van der Waals surface area (Å²) in [7, 11) is 0. The molecule has 0 aliphatic carbocycles. The molecule has 1 aliphatic heterocycles. The first-order valence-electron chi connectivity index (χ1n) is 6.41. The van der Waals surface area contributed by atoms with Crippen LogP contribution in [0.5, 0.6) is 0 Å². The van der Waals surface area contributed by atoms with Gasteiger partial charge in [-0.25, -0.2) is 9.97 Å². The molecule has 0 bridgehead atoms. The van der Waals surface area contributed by atoms with E-state index in [1.54, 1.807) is 0 Å². The molecule has 0 aromatic carbocycles. The highest BCUT2D eigenvalue weighted by molar-refractivity contribution is 5.77. The minimum absolute atomic E-state index is 0.515. The van der Waals surface area contributed by atoms with Gasteiger partial charge in [-0.1, -0.05) is 0 Å². The van der Waals surface area contributed by atoms with Crippen LogP contribution in [-0.2, 0) is 11.3 Å². The van der Waals surface area contributed by atoms with E-state index in [1.807, 2.05) is 23.8 Å². The zero-order valence-corrected chi connectivity index (χ0v) is 10.6. The average molecular weight is 246 g/mol. The van der Waals surface area contributed by atoms with Crippen LogP contribution in [0.25, 0.3) is 11.2 Å². The van der Waals surface area contributed by atoms with Gasteiger partial charge in [0, 0.05) is 25.3 Å². The summed E-state index contributed by atoms with van der Waals surface area (Å²) in [5, 5.41) is 0. The van der Waals surface area contributed by atoms with Crippen LogP contribution in [0.2, 0.25) is 0 Å². The quantitative estimate of drug-likeness (QED) is 0.876. The molecule has 2 N–H and O–H groups in total. The first-order chi connectivity index (χ1) is 8.75. The fraction of sp³-hybridized carbons (Fsp3) is 0.538. The molecule has 0 saturated carbocycles. The maximum absolute atomic E-state index is 6.01. The molecule has 1 atom stereocenters. The summed E-state index contributed by atoms with van der Waals surface area (Å²) < 4.78 is 7.53. The molecule has 1 saturated heterocycles. The average Bonchev–Trinajstić information content (AvgIpc) is 2.70. The standard InChI is InChI=1S/C13H18N4O/c1-9-4-5-15-12-11(9)16-13(14)17(12)7-10-3-2-6-18-8-10/h4-5,10H,2-3,6-8H2,1H3,(H2,14,16). The smallest absolute Gasteiger partial charge is 0.202 e. The number of nitrogens with two attached hydrogens (primary N) is 1. The van der Waals surface area contributed by atoms with Crippen molar-refractivity contribution < 1.29 is 4.74 Å². The van der Waals surface area contributed by atoms with Crippen LogP contribution in [0.3, 0.4) is 0 Å². The lowest BCUT2D eigenvalue weighted by Crippen LogP contribution is -2.22. The highest BCUT2D eigenvalue weighted by Crippen LogP contribution is 2.23. The Morgan fingerprint density at radius 1 is 1.56 bits per heavy atom. The van der Waals surface area contributed by atoms with Crippen molar-refractivity contribution in [1.29, 1.82) is 0 Å². The normalized spacial score (nSPS) is 20.4. The van der Waals surface area contributed by atoms with Crippen molar-refractivity contribution in [1.82, 2.24) is 14.5 Å². The van der Waals surface area contributed by atoms with Gasteiger partial charge in [0.1, 0.15) is 5.52 Å². The molecule has 2 aromatic rings. The van der Waals surface area contributed by atoms with Crippen molar-refractivity contribution in [2.24, 2.45) is 5.92 Å². The Balaban J connectivity index is 1.95. The van der Waals surface area contributed by atoms with Crippen molar-refractivity contribution >= 4 is 17.1 Å². The highest BCUT2D eigenvalue weighted by atomic mass is 16.5. The van der Waals surface area contributed by atoms with E-state index in [9.17, 15) is 0 Å². The lowest BCUT2D eigenvalue weighted by molar-refractivity contribution is 0.0489. The molecule has 18 heavy (non-hydrogen) atoms. The van der Waals surface area contributed by atoms with Crippen molar-refractivity contribution in [3.05, 3.63) is 17.8 Å². The Kier molecular flexibility index (Phi) is 2.91. The molecule has 3 heterocycles. The molecule has 1 aliphatic rings. The third-order valence-corrected chi connectivity index (χ3v) is 3.56. The van der Waals surface area contributed by atoms with Crippen LogP contribution in [0.4, 0.5) is 5.95 Å². The molecule has 0 spiro atoms. The van der Waals surface area contributed by atoms with E-state index >= 15 is 0 Å². The Morgan fingerprint density at radius 2 is 2.44 bits per heavy atom. The minimum atomic E-state index is 0.515. The zero-order valence-electron chi connectivity index (χ0n) is 10.6. The SMILES string of the molecule is Cc1ccnc2c1nc(N)n2CC1CCCOC1. The van der Waals surface area contributed by atoms with Gasteiger partial charge < -0.3 is 10.5 Å². The molecule has 5 heteroatoms. The maximum atomic E-state index is 6.01. The van der Waals surface area contributed by atoms with Gasteiger partial charge >= 0.3 is 0 Å². The van der Waals surface area contributed by atoms with Crippen molar-refractivity contribution in [3.8, 4) is 0 Å². The minimum Gasteiger partial charge on any atom is -0.381 e. The lowest BCUT2D eigenvalue weighted by atomic mass is 10.0. The number of aromatic nitrogens is 3. The number of hydrogen-bond donors (Lipinski definition) is 1. The van der Waals surface area contributed by atoms with Gasteiger partial charge in [0.15, 0.2) is 5.65 Å². The summed E-state index contributed by atoms with van der Waals surface area (Å²) in [5.41, 5.74) is 8.92. The van der Waals surface area contributed by atoms with Gasteiger partial charge in [0.05, 0.1) is 6.61 Å². The predicted octanol–water partition coefficient (Wildman–Crippen LogP) is 1.75. The summed E-state index contributed by atoms with van der Waals surface area (Å²) in [4.78, 5) is 8.82. The van der Waals surface area contributed by atoms with Gasteiger partial charge in [-0.3, -0.25) is 4.57 Å². The molecule has 2 aromatic heterocycles. The van der Waals surface area contributed by atoms with Crippen molar-refractivity contribution in [2.45, 2.75) is 26.3 Å². The first kappa shape index (κ1) is 11.5. The second-order valence-corrected chi connectivity index (χ2v) is 4.96. The van der Waals surface area contributed by atoms with E-state index in [0.717, 1.165) is 42.9 Å². The topological polar surface area (TPSA) is 66.0 Å². The van der Waals surface area contributed by atoms with Crippen molar-refractivity contribution in [2.75, 3.05) is 18.9 Å². The molecule has 0 radical (unpaired) electrons. The van der Waals surface area contributed by atoms with Gasteiger partial charge in [-0.15, -0.1) is 0 Å². The van der Waals surface area contributed by atoms with E-state index in [2.05, 4.69) is 9.97 Å². The van der Waals surface area contributed by atoms with Gasteiger partial charge in [-0.05, 0) is 31.4 Å².